The van der Waals surface area contributed by atoms with Gasteiger partial charge in [-0.3, -0.25) is 24.1 Å². The molecule has 0 spiro atoms. The lowest BCUT2D eigenvalue weighted by Crippen LogP contribution is -2.56. The Morgan fingerprint density at radius 2 is 1.52 bits per heavy atom. The van der Waals surface area contributed by atoms with Crippen LogP contribution in [0.15, 0.2) is 11.6 Å². The van der Waals surface area contributed by atoms with Crippen LogP contribution in [0.5, 0.6) is 0 Å². The summed E-state index contributed by atoms with van der Waals surface area (Å²) in [7, 11) is 1.86. The summed E-state index contributed by atoms with van der Waals surface area (Å²) in [5.41, 5.74) is -0.811. The van der Waals surface area contributed by atoms with Crippen molar-refractivity contribution >= 4 is 23.9 Å². The van der Waals surface area contributed by atoms with Gasteiger partial charge in [0, 0.05) is 11.1 Å². The highest BCUT2D eigenvalue weighted by Crippen LogP contribution is 2.42. The second-order valence-electron chi connectivity index (χ2n) is 8.14. The van der Waals surface area contributed by atoms with E-state index in [-0.39, 0.29) is 6.42 Å². The van der Waals surface area contributed by atoms with Crippen molar-refractivity contribution < 1.29 is 39.6 Å². The number of carboxylic acids is 4. The summed E-state index contributed by atoms with van der Waals surface area (Å²) in [4.78, 5) is 48.5. The molecule has 0 aliphatic carbocycles. The number of rotatable bonds is 8. The third kappa shape index (κ3) is 4.85. The Labute approximate surface area is 157 Å². The van der Waals surface area contributed by atoms with E-state index in [0.29, 0.717) is 5.57 Å². The Morgan fingerprint density at radius 3 is 1.85 bits per heavy atom. The molecule has 3 unspecified atom stereocenters. The van der Waals surface area contributed by atoms with Gasteiger partial charge in [-0.2, -0.15) is 0 Å². The molecule has 1 aliphatic rings. The van der Waals surface area contributed by atoms with E-state index in [1.54, 1.807) is 6.08 Å². The predicted molar refractivity (Wildman–Crippen MR) is 94.3 cm³/mol. The molecule has 1 heterocycles. The van der Waals surface area contributed by atoms with E-state index in [0.717, 1.165) is 0 Å². The highest BCUT2D eigenvalue weighted by atomic mass is 16.4. The second kappa shape index (κ2) is 7.67. The molecule has 0 amide bonds. The van der Waals surface area contributed by atoms with Crippen LogP contribution >= 0.6 is 0 Å². The summed E-state index contributed by atoms with van der Waals surface area (Å²) in [6.07, 6.45) is 0.885. The number of carboxylic acid groups (broad SMARTS) is 4. The van der Waals surface area contributed by atoms with E-state index >= 15 is 0 Å². The van der Waals surface area contributed by atoms with Gasteiger partial charge in [-0.1, -0.05) is 11.6 Å². The van der Waals surface area contributed by atoms with Crippen molar-refractivity contribution in [2.24, 2.45) is 17.8 Å². The lowest BCUT2D eigenvalue weighted by molar-refractivity contribution is -0.163. The molecule has 9 nitrogen and oxygen atoms in total. The maximum atomic E-state index is 12.0. The Hall–Kier alpha value is -2.42. The standard InChI is InChI=1S/C18H27NO8/c1-17(2)7-9(8-18(3,4)19(17)5)12(15(24)25)13(16(26)27)10(14(22)23)6-11(20)21/h7,10,12-13H,6,8H2,1-5H3,(H,20,21)(H,22,23)(H,24,25)(H,26,27). The fourth-order valence-electron chi connectivity index (χ4n) is 3.85. The number of carbonyl (C=O) groups is 4. The second-order valence-corrected chi connectivity index (χ2v) is 8.14. The Balaban J connectivity index is 3.55. The molecule has 1 rings (SSSR count). The van der Waals surface area contributed by atoms with Crippen molar-refractivity contribution in [3.05, 3.63) is 11.6 Å². The highest BCUT2D eigenvalue weighted by molar-refractivity contribution is 5.89. The van der Waals surface area contributed by atoms with Crippen LogP contribution in [0.1, 0.15) is 40.5 Å². The van der Waals surface area contributed by atoms with Crippen molar-refractivity contribution in [1.29, 1.82) is 0 Å². The first-order valence-corrected chi connectivity index (χ1v) is 8.47. The van der Waals surface area contributed by atoms with Gasteiger partial charge in [-0.15, -0.1) is 0 Å². The summed E-state index contributed by atoms with van der Waals surface area (Å²) in [5, 5.41) is 37.7. The molecule has 0 saturated heterocycles. The van der Waals surface area contributed by atoms with Crippen LogP contribution < -0.4 is 0 Å². The molecule has 27 heavy (non-hydrogen) atoms. The fraction of sp³-hybridized carbons (Fsp3) is 0.667. The van der Waals surface area contributed by atoms with Gasteiger partial charge in [0.25, 0.3) is 0 Å². The monoisotopic (exact) mass is 385 g/mol. The van der Waals surface area contributed by atoms with Crippen LogP contribution in [0, 0.1) is 17.8 Å². The number of hydrogen-bond donors (Lipinski definition) is 4. The van der Waals surface area contributed by atoms with Crippen LogP contribution in [-0.2, 0) is 19.2 Å². The molecule has 4 N–H and O–H groups in total. The maximum absolute atomic E-state index is 12.0. The van der Waals surface area contributed by atoms with Crippen molar-refractivity contribution in [3.8, 4) is 0 Å². The van der Waals surface area contributed by atoms with Crippen LogP contribution in [0.4, 0.5) is 0 Å². The summed E-state index contributed by atoms with van der Waals surface area (Å²) >= 11 is 0. The van der Waals surface area contributed by atoms with Crippen LogP contribution in [0.2, 0.25) is 0 Å². The number of likely N-dealkylation sites (N-methyl/N-ethyl adjacent to an activating group) is 1. The zero-order chi connectivity index (χ0) is 21.3. The third-order valence-electron chi connectivity index (χ3n) is 5.40. The lowest BCUT2D eigenvalue weighted by Gasteiger charge is -2.50. The Kier molecular flexibility index (Phi) is 6.43. The largest absolute Gasteiger partial charge is 0.481 e. The SMILES string of the molecule is CN1C(C)(C)C=C(C(C(=O)O)C(C(=O)O)C(CC(=O)O)C(=O)O)CC1(C)C. The quantitative estimate of drug-likeness (QED) is 0.454. The molecule has 0 aromatic rings. The number of aliphatic carboxylic acids is 4. The average Bonchev–Trinajstić information content (AvgIpc) is 2.46. The Morgan fingerprint density at radius 1 is 1.00 bits per heavy atom. The fourth-order valence-corrected chi connectivity index (χ4v) is 3.85. The minimum Gasteiger partial charge on any atom is -0.481 e. The van der Waals surface area contributed by atoms with Crippen molar-refractivity contribution in [2.75, 3.05) is 7.05 Å². The summed E-state index contributed by atoms with van der Waals surface area (Å²) in [6, 6.07) is 0. The summed E-state index contributed by atoms with van der Waals surface area (Å²) in [6.45, 7) is 7.44. The third-order valence-corrected chi connectivity index (χ3v) is 5.40. The van der Waals surface area contributed by atoms with Crippen molar-refractivity contribution in [3.63, 3.8) is 0 Å². The predicted octanol–water partition coefficient (Wildman–Crippen LogP) is 1.38. The summed E-state index contributed by atoms with van der Waals surface area (Å²) < 4.78 is 0. The zero-order valence-electron chi connectivity index (χ0n) is 16.1. The lowest BCUT2D eigenvalue weighted by atomic mass is 9.70. The summed E-state index contributed by atoms with van der Waals surface area (Å²) in [5.74, 6) is -11.7. The van der Waals surface area contributed by atoms with Gasteiger partial charge in [-0.25, -0.2) is 0 Å². The molecule has 3 atom stereocenters. The maximum Gasteiger partial charge on any atom is 0.311 e. The smallest absolute Gasteiger partial charge is 0.311 e. The first kappa shape index (κ1) is 22.6. The molecule has 152 valence electrons. The van der Waals surface area contributed by atoms with E-state index in [2.05, 4.69) is 0 Å². The first-order chi connectivity index (χ1) is 12.1. The van der Waals surface area contributed by atoms with Crippen molar-refractivity contribution in [1.82, 2.24) is 4.90 Å². The molecular weight excluding hydrogens is 358 g/mol. The minimum absolute atomic E-state index is 0.215. The van der Waals surface area contributed by atoms with E-state index < -0.39 is 59.1 Å². The van der Waals surface area contributed by atoms with Crippen LogP contribution in [0.25, 0.3) is 0 Å². The van der Waals surface area contributed by atoms with E-state index in [4.69, 9.17) is 5.11 Å². The van der Waals surface area contributed by atoms with Gasteiger partial charge in [-0.05, 0) is 41.2 Å². The molecule has 0 aromatic heterocycles. The van der Waals surface area contributed by atoms with Crippen molar-refractivity contribution in [2.45, 2.75) is 51.6 Å². The van der Waals surface area contributed by atoms with Crippen LogP contribution in [0.3, 0.4) is 0 Å². The normalized spacial score (nSPS) is 22.2. The molecule has 0 saturated carbocycles. The van der Waals surface area contributed by atoms with Gasteiger partial charge in [0.15, 0.2) is 0 Å². The van der Waals surface area contributed by atoms with E-state index in [1.807, 2.05) is 39.6 Å². The average molecular weight is 385 g/mol. The topological polar surface area (TPSA) is 152 Å². The van der Waals surface area contributed by atoms with Gasteiger partial charge >= 0.3 is 23.9 Å². The molecule has 9 heteroatoms. The van der Waals surface area contributed by atoms with Gasteiger partial charge < -0.3 is 20.4 Å². The van der Waals surface area contributed by atoms with Gasteiger partial charge in [0.1, 0.15) is 0 Å². The van der Waals surface area contributed by atoms with E-state index in [1.165, 1.54) is 0 Å². The molecular formula is C18H27NO8. The highest BCUT2D eigenvalue weighted by Gasteiger charge is 2.49. The Bertz CT molecular complexity index is 679. The number of hydrogen-bond acceptors (Lipinski definition) is 5. The molecule has 0 fully saturated rings. The van der Waals surface area contributed by atoms with E-state index in [9.17, 15) is 34.5 Å². The van der Waals surface area contributed by atoms with Crippen LogP contribution in [-0.4, -0.2) is 67.3 Å². The number of nitrogens with zero attached hydrogens (tertiary/aromatic N) is 1. The first-order valence-electron chi connectivity index (χ1n) is 8.47. The molecule has 0 aromatic carbocycles. The van der Waals surface area contributed by atoms with Gasteiger partial charge in [0.05, 0.1) is 24.2 Å². The molecule has 1 aliphatic heterocycles. The minimum atomic E-state index is -1.91. The zero-order valence-corrected chi connectivity index (χ0v) is 16.1. The molecule has 0 bridgehead atoms. The molecule has 0 radical (unpaired) electrons. The van der Waals surface area contributed by atoms with Gasteiger partial charge in [0.2, 0.25) is 0 Å².